The van der Waals surface area contributed by atoms with E-state index in [1.54, 1.807) is 7.11 Å². The molecule has 1 N–H and O–H groups in total. The molecule has 0 bridgehead atoms. The summed E-state index contributed by atoms with van der Waals surface area (Å²) in [5.74, 6) is 1.64. The minimum atomic E-state index is -0.130. The molecule has 35 heavy (non-hydrogen) atoms. The molecule has 1 aliphatic rings. The maximum absolute atomic E-state index is 5.88. The minimum Gasteiger partial charge on any atom is -0.497 e. The molecule has 0 radical (unpaired) electrons. The molecular weight excluding hydrogens is 456 g/mol. The highest BCUT2D eigenvalue weighted by molar-refractivity contribution is 7.80. The first-order valence-corrected chi connectivity index (χ1v) is 12.0. The van der Waals surface area contributed by atoms with Crippen LogP contribution in [0.15, 0.2) is 91.3 Å². The SMILES string of the molecule is COc1cccc(-n2cccc2[C@@H]2[C@@H](c3ccccn3)NC(=S)N2c2ccc(OC(C)C)cc2)c1. The molecule has 1 aliphatic heterocycles. The number of ether oxygens (including phenoxy) is 2. The summed E-state index contributed by atoms with van der Waals surface area (Å²) >= 11 is 5.88. The Balaban J connectivity index is 1.61. The Hall–Kier alpha value is -3.84. The molecule has 0 saturated carbocycles. The maximum atomic E-state index is 5.88. The molecule has 5 rings (SSSR count). The molecule has 2 atom stereocenters. The van der Waals surface area contributed by atoms with Crippen molar-refractivity contribution >= 4 is 23.0 Å². The van der Waals surface area contributed by atoms with Crippen molar-refractivity contribution in [2.24, 2.45) is 0 Å². The molecule has 2 aromatic heterocycles. The topological polar surface area (TPSA) is 51.5 Å². The molecule has 1 saturated heterocycles. The van der Waals surface area contributed by atoms with Crippen LogP contribution in [0.1, 0.15) is 37.3 Å². The molecule has 0 amide bonds. The Labute approximate surface area is 211 Å². The van der Waals surface area contributed by atoms with Crippen molar-refractivity contribution in [2.75, 3.05) is 12.0 Å². The molecule has 3 heterocycles. The Kier molecular flexibility index (Phi) is 6.42. The van der Waals surface area contributed by atoms with Crippen LogP contribution in [0.5, 0.6) is 11.5 Å². The van der Waals surface area contributed by atoms with Crippen LogP contribution in [0.3, 0.4) is 0 Å². The number of nitrogens with one attached hydrogen (secondary N) is 1. The zero-order chi connectivity index (χ0) is 24.4. The second-order valence-corrected chi connectivity index (χ2v) is 9.05. The highest BCUT2D eigenvalue weighted by Gasteiger charge is 2.42. The zero-order valence-corrected chi connectivity index (χ0v) is 20.8. The predicted octanol–water partition coefficient (Wildman–Crippen LogP) is 5.85. The highest BCUT2D eigenvalue weighted by Crippen LogP contribution is 2.42. The van der Waals surface area contributed by atoms with Crippen LogP contribution in [-0.4, -0.2) is 27.9 Å². The van der Waals surface area contributed by atoms with Gasteiger partial charge in [0.05, 0.1) is 24.9 Å². The van der Waals surface area contributed by atoms with E-state index < -0.39 is 0 Å². The third-order valence-corrected chi connectivity index (χ3v) is 6.31. The normalized spacial score (nSPS) is 17.5. The average molecular weight is 485 g/mol. The molecule has 4 aromatic rings. The van der Waals surface area contributed by atoms with Gasteiger partial charge in [-0.25, -0.2) is 0 Å². The largest absolute Gasteiger partial charge is 0.497 e. The third-order valence-electron chi connectivity index (χ3n) is 6.00. The van der Waals surface area contributed by atoms with Gasteiger partial charge in [-0.15, -0.1) is 0 Å². The number of hydrogen-bond acceptors (Lipinski definition) is 4. The van der Waals surface area contributed by atoms with E-state index in [1.807, 2.05) is 68.6 Å². The quantitative estimate of drug-likeness (QED) is 0.332. The van der Waals surface area contributed by atoms with Gasteiger partial charge in [0.25, 0.3) is 0 Å². The van der Waals surface area contributed by atoms with E-state index in [-0.39, 0.29) is 18.2 Å². The summed E-state index contributed by atoms with van der Waals surface area (Å²) in [7, 11) is 1.68. The molecule has 0 unspecified atom stereocenters. The zero-order valence-electron chi connectivity index (χ0n) is 20.0. The monoisotopic (exact) mass is 484 g/mol. The summed E-state index contributed by atoms with van der Waals surface area (Å²) in [5, 5.41) is 4.18. The molecular formula is C28H28N4O2S. The van der Waals surface area contributed by atoms with Crippen LogP contribution in [0.25, 0.3) is 5.69 Å². The second-order valence-electron chi connectivity index (χ2n) is 8.66. The van der Waals surface area contributed by atoms with E-state index in [0.717, 1.165) is 34.3 Å². The summed E-state index contributed by atoms with van der Waals surface area (Å²) in [6.45, 7) is 4.04. The summed E-state index contributed by atoms with van der Waals surface area (Å²) in [6, 6.07) is 26.0. The van der Waals surface area contributed by atoms with Crippen molar-refractivity contribution in [1.29, 1.82) is 0 Å². The molecule has 2 aromatic carbocycles. The number of benzene rings is 2. The van der Waals surface area contributed by atoms with E-state index in [9.17, 15) is 0 Å². The van der Waals surface area contributed by atoms with E-state index in [0.29, 0.717) is 5.11 Å². The molecule has 178 valence electrons. The van der Waals surface area contributed by atoms with Gasteiger partial charge in [0, 0.05) is 35.5 Å². The van der Waals surface area contributed by atoms with Gasteiger partial charge < -0.3 is 24.3 Å². The van der Waals surface area contributed by atoms with Crippen LogP contribution in [0, 0.1) is 0 Å². The Morgan fingerprint density at radius 1 is 0.914 bits per heavy atom. The van der Waals surface area contributed by atoms with Gasteiger partial charge in [0.2, 0.25) is 0 Å². The summed E-state index contributed by atoms with van der Waals surface area (Å²) in [5.41, 5.74) is 4.02. The van der Waals surface area contributed by atoms with Gasteiger partial charge in [0.15, 0.2) is 5.11 Å². The van der Waals surface area contributed by atoms with Crippen LogP contribution in [0.4, 0.5) is 5.69 Å². The van der Waals surface area contributed by atoms with Crippen molar-refractivity contribution in [2.45, 2.75) is 32.0 Å². The van der Waals surface area contributed by atoms with Gasteiger partial charge in [-0.3, -0.25) is 4.98 Å². The van der Waals surface area contributed by atoms with E-state index in [1.165, 1.54) is 0 Å². The minimum absolute atomic E-state index is 0.114. The Morgan fingerprint density at radius 3 is 2.46 bits per heavy atom. The van der Waals surface area contributed by atoms with E-state index >= 15 is 0 Å². The van der Waals surface area contributed by atoms with Crippen molar-refractivity contribution in [1.82, 2.24) is 14.9 Å². The first-order valence-electron chi connectivity index (χ1n) is 11.6. The number of thiocarbonyl (C=S) groups is 1. The Morgan fingerprint density at radius 2 is 1.74 bits per heavy atom. The standard InChI is InChI=1S/C28H28N4O2S/c1-19(2)34-22-14-12-20(13-15-22)32-27(26(30-28(32)35)24-10-4-5-16-29-24)25-11-7-17-31(25)21-8-6-9-23(18-21)33-3/h4-19,26-27H,1-3H3,(H,30,35)/t26-,27-/m1/s1. The predicted molar refractivity (Wildman–Crippen MR) is 142 cm³/mol. The average Bonchev–Trinajstić information content (AvgIpc) is 3.49. The van der Waals surface area contributed by atoms with Crippen molar-refractivity contribution in [3.63, 3.8) is 0 Å². The summed E-state index contributed by atoms with van der Waals surface area (Å²) in [4.78, 5) is 6.83. The number of aromatic nitrogens is 2. The third kappa shape index (κ3) is 4.59. The number of methoxy groups -OCH3 is 1. The maximum Gasteiger partial charge on any atom is 0.174 e. The smallest absolute Gasteiger partial charge is 0.174 e. The lowest BCUT2D eigenvalue weighted by Crippen LogP contribution is -2.30. The second kappa shape index (κ2) is 9.80. The molecule has 0 aliphatic carbocycles. The molecule has 0 spiro atoms. The van der Waals surface area contributed by atoms with Crippen molar-refractivity contribution in [3.8, 4) is 17.2 Å². The summed E-state index contributed by atoms with van der Waals surface area (Å²) in [6.07, 6.45) is 4.00. The Bertz CT molecular complexity index is 1300. The van der Waals surface area contributed by atoms with Crippen molar-refractivity contribution in [3.05, 3.63) is 103 Å². The fourth-order valence-corrected chi connectivity index (χ4v) is 4.87. The van der Waals surface area contributed by atoms with Crippen molar-refractivity contribution < 1.29 is 9.47 Å². The van der Waals surface area contributed by atoms with Gasteiger partial charge in [-0.05, 0) is 86.7 Å². The lowest BCUT2D eigenvalue weighted by Gasteiger charge is -2.29. The summed E-state index contributed by atoms with van der Waals surface area (Å²) < 4.78 is 13.5. The van der Waals surface area contributed by atoms with Crippen LogP contribution in [0.2, 0.25) is 0 Å². The van der Waals surface area contributed by atoms with Crippen LogP contribution >= 0.6 is 12.2 Å². The lowest BCUT2D eigenvalue weighted by molar-refractivity contribution is 0.242. The number of hydrogen-bond donors (Lipinski definition) is 1. The van der Waals surface area contributed by atoms with E-state index in [2.05, 4.69) is 56.3 Å². The number of anilines is 1. The fraction of sp³-hybridized carbons (Fsp3) is 0.214. The van der Waals surface area contributed by atoms with Gasteiger partial charge in [0.1, 0.15) is 17.5 Å². The first kappa shape index (κ1) is 22.9. The van der Waals surface area contributed by atoms with Gasteiger partial charge in [-0.1, -0.05) is 12.1 Å². The number of nitrogens with zero attached hydrogens (tertiary/aromatic N) is 3. The molecule has 6 nitrogen and oxygen atoms in total. The van der Waals surface area contributed by atoms with Crippen LogP contribution in [-0.2, 0) is 0 Å². The number of pyridine rings is 1. The number of rotatable bonds is 7. The first-order chi connectivity index (χ1) is 17.0. The lowest BCUT2D eigenvalue weighted by atomic mass is 10.0. The highest BCUT2D eigenvalue weighted by atomic mass is 32.1. The van der Waals surface area contributed by atoms with E-state index in [4.69, 9.17) is 21.7 Å². The van der Waals surface area contributed by atoms with Gasteiger partial charge >= 0.3 is 0 Å². The van der Waals surface area contributed by atoms with Crippen LogP contribution < -0.4 is 19.7 Å². The molecule has 7 heteroatoms. The molecule has 1 fully saturated rings. The van der Waals surface area contributed by atoms with Gasteiger partial charge in [-0.2, -0.15) is 0 Å². The fourth-order valence-electron chi connectivity index (χ4n) is 4.52.